The van der Waals surface area contributed by atoms with Crippen LogP contribution in [0.3, 0.4) is 0 Å². The van der Waals surface area contributed by atoms with Gasteiger partial charge < -0.3 is 14.3 Å². The van der Waals surface area contributed by atoms with Crippen LogP contribution in [0.15, 0.2) is 23.5 Å². The zero-order valence-corrected chi connectivity index (χ0v) is 13.3. The van der Waals surface area contributed by atoms with Crippen molar-refractivity contribution in [1.29, 1.82) is 0 Å². The highest BCUT2D eigenvalue weighted by atomic mass is 16.7. The van der Waals surface area contributed by atoms with E-state index in [1.165, 1.54) is 0 Å². The third-order valence-corrected chi connectivity index (χ3v) is 4.83. The molecule has 0 unspecified atom stereocenters. The monoisotopic (exact) mass is 312 g/mol. The summed E-state index contributed by atoms with van der Waals surface area (Å²) in [6.45, 7) is 3.43. The number of nitrogens with zero attached hydrogens (tertiary/aromatic N) is 2. The Morgan fingerprint density at radius 2 is 1.87 bits per heavy atom. The molecular formula is C18H20N2O3. The minimum Gasteiger partial charge on any atom is -0.388 e. The van der Waals surface area contributed by atoms with Crippen LogP contribution in [0.2, 0.25) is 0 Å². The molecule has 3 aliphatic rings. The van der Waals surface area contributed by atoms with Crippen molar-refractivity contribution in [2.45, 2.75) is 50.4 Å². The Kier molecular flexibility index (Phi) is 3.59. The van der Waals surface area contributed by atoms with Gasteiger partial charge in [0.1, 0.15) is 17.0 Å². The summed E-state index contributed by atoms with van der Waals surface area (Å²) in [7, 11) is 0. The summed E-state index contributed by atoms with van der Waals surface area (Å²) < 4.78 is 11.6. The quantitative estimate of drug-likeness (QED) is 0.691. The second-order valence-electron chi connectivity index (χ2n) is 6.57. The van der Waals surface area contributed by atoms with Crippen molar-refractivity contribution in [2.75, 3.05) is 13.2 Å². The van der Waals surface area contributed by atoms with Crippen LogP contribution in [-0.2, 0) is 14.3 Å². The van der Waals surface area contributed by atoms with E-state index in [2.05, 4.69) is 22.0 Å². The molecule has 120 valence electrons. The van der Waals surface area contributed by atoms with Gasteiger partial charge in [0.2, 0.25) is 0 Å². The highest BCUT2D eigenvalue weighted by Crippen LogP contribution is 2.45. The highest BCUT2D eigenvalue weighted by molar-refractivity contribution is 6.01. The summed E-state index contributed by atoms with van der Waals surface area (Å²) in [5.74, 6) is 5.82. The van der Waals surface area contributed by atoms with Gasteiger partial charge in [-0.3, -0.25) is 0 Å². The molecule has 1 aromatic rings. The first kappa shape index (κ1) is 14.7. The van der Waals surface area contributed by atoms with Crippen molar-refractivity contribution < 1.29 is 14.3 Å². The molecule has 2 aliphatic heterocycles. The van der Waals surface area contributed by atoms with E-state index in [9.17, 15) is 0 Å². The van der Waals surface area contributed by atoms with Crippen LogP contribution in [-0.4, -0.2) is 35.3 Å². The summed E-state index contributed by atoms with van der Waals surface area (Å²) in [6.07, 6.45) is 6.05. The molecule has 2 fully saturated rings. The summed E-state index contributed by atoms with van der Waals surface area (Å²) in [4.78, 5) is 10.0. The fourth-order valence-corrected chi connectivity index (χ4v) is 3.47. The van der Waals surface area contributed by atoms with Crippen LogP contribution in [0, 0.1) is 18.8 Å². The predicted octanol–water partition coefficient (Wildman–Crippen LogP) is 2.57. The van der Waals surface area contributed by atoms with Crippen LogP contribution in [0.4, 0.5) is 0 Å². The Balaban J connectivity index is 1.40. The van der Waals surface area contributed by atoms with Crippen molar-refractivity contribution in [3.05, 3.63) is 29.6 Å². The van der Waals surface area contributed by atoms with Crippen LogP contribution in [0.25, 0.3) is 0 Å². The first-order chi connectivity index (χ1) is 11.2. The van der Waals surface area contributed by atoms with Gasteiger partial charge in [0, 0.05) is 25.5 Å². The van der Waals surface area contributed by atoms with Gasteiger partial charge in [-0.25, -0.2) is 4.98 Å². The van der Waals surface area contributed by atoms with Gasteiger partial charge in [-0.15, -0.1) is 0 Å². The summed E-state index contributed by atoms with van der Waals surface area (Å²) in [6, 6.07) is 3.93. The lowest BCUT2D eigenvalue weighted by atomic mass is 9.79. The maximum atomic E-state index is 5.78. The maximum Gasteiger partial charge on any atom is 0.168 e. The molecule has 0 bridgehead atoms. The summed E-state index contributed by atoms with van der Waals surface area (Å²) in [5.41, 5.74) is 2.51. The van der Waals surface area contributed by atoms with Crippen molar-refractivity contribution in [3.8, 4) is 11.8 Å². The third kappa shape index (κ3) is 2.97. The number of hydrogen-bond donors (Lipinski definition) is 0. The molecule has 5 heteroatoms. The van der Waals surface area contributed by atoms with Gasteiger partial charge in [0.25, 0.3) is 0 Å². The third-order valence-electron chi connectivity index (χ3n) is 4.83. The molecule has 0 radical (unpaired) electrons. The van der Waals surface area contributed by atoms with Gasteiger partial charge in [-0.05, 0) is 49.3 Å². The van der Waals surface area contributed by atoms with E-state index in [1.807, 2.05) is 19.1 Å². The van der Waals surface area contributed by atoms with E-state index >= 15 is 0 Å². The number of rotatable bonds is 0. The van der Waals surface area contributed by atoms with Crippen LogP contribution >= 0.6 is 0 Å². The second-order valence-corrected chi connectivity index (χ2v) is 6.57. The Bertz CT molecular complexity index is 686. The minimum atomic E-state index is -0.367. The van der Waals surface area contributed by atoms with Crippen molar-refractivity contribution in [1.82, 2.24) is 4.98 Å². The van der Waals surface area contributed by atoms with Crippen molar-refractivity contribution >= 4 is 5.71 Å². The SMILES string of the molecule is Cc1ccnc(C#CC2=NOC3(CCC4(CC3)OCCO4)C2)c1. The second kappa shape index (κ2) is 5.63. The lowest BCUT2D eigenvalue weighted by Gasteiger charge is -2.39. The van der Waals surface area contributed by atoms with E-state index in [0.717, 1.165) is 49.1 Å². The Morgan fingerprint density at radius 3 is 2.61 bits per heavy atom. The van der Waals surface area contributed by atoms with E-state index in [4.69, 9.17) is 14.3 Å². The lowest BCUT2D eigenvalue weighted by molar-refractivity contribution is -0.206. The maximum absolute atomic E-state index is 5.78. The number of aromatic nitrogens is 1. The molecule has 1 aliphatic carbocycles. The fraction of sp³-hybridized carbons (Fsp3) is 0.556. The molecule has 0 aromatic carbocycles. The average molecular weight is 312 g/mol. The molecule has 1 aromatic heterocycles. The lowest BCUT2D eigenvalue weighted by Crippen LogP contribution is -2.43. The van der Waals surface area contributed by atoms with Gasteiger partial charge in [0.05, 0.1) is 13.2 Å². The zero-order chi connectivity index (χ0) is 15.8. The highest BCUT2D eigenvalue weighted by Gasteiger charge is 2.50. The molecule has 5 nitrogen and oxygen atoms in total. The van der Waals surface area contributed by atoms with E-state index in [-0.39, 0.29) is 11.4 Å². The standard InChI is InChI=1S/C18H20N2O3/c1-14-4-9-19-15(12-14)2-3-16-13-17(23-20-16)5-7-18(8-6-17)21-10-11-22-18/h4,9,12H,5-8,10-11,13H2,1H3. The molecule has 1 saturated heterocycles. The molecule has 0 N–H and O–H groups in total. The van der Waals surface area contributed by atoms with E-state index in [1.54, 1.807) is 6.20 Å². The smallest absolute Gasteiger partial charge is 0.168 e. The average Bonchev–Trinajstić information content (AvgIpc) is 3.17. The molecule has 4 rings (SSSR count). The minimum absolute atomic E-state index is 0.218. The van der Waals surface area contributed by atoms with Gasteiger partial charge >= 0.3 is 0 Å². The summed E-state index contributed by atoms with van der Waals surface area (Å²) >= 11 is 0. The molecule has 0 atom stereocenters. The first-order valence-corrected chi connectivity index (χ1v) is 8.15. The van der Waals surface area contributed by atoms with Crippen LogP contribution in [0.1, 0.15) is 43.4 Å². The summed E-state index contributed by atoms with van der Waals surface area (Å²) in [5, 5.41) is 4.20. The zero-order valence-electron chi connectivity index (χ0n) is 13.3. The number of aryl methyl sites for hydroxylation is 1. The van der Waals surface area contributed by atoms with Gasteiger partial charge in [0.15, 0.2) is 5.79 Å². The van der Waals surface area contributed by atoms with E-state index in [0.29, 0.717) is 13.2 Å². The normalized spacial score (nSPS) is 24.1. The molecular weight excluding hydrogens is 292 g/mol. The van der Waals surface area contributed by atoms with Crippen molar-refractivity contribution in [2.24, 2.45) is 5.16 Å². The number of pyridine rings is 1. The molecule has 1 saturated carbocycles. The number of oxime groups is 1. The van der Waals surface area contributed by atoms with Gasteiger partial charge in [-0.2, -0.15) is 0 Å². The molecule has 23 heavy (non-hydrogen) atoms. The Labute approximate surface area is 136 Å². The topological polar surface area (TPSA) is 52.9 Å². The Hall–Kier alpha value is -1.90. The van der Waals surface area contributed by atoms with Gasteiger partial charge in [-0.1, -0.05) is 5.16 Å². The number of hydrogen-bond acceptors (Lipinski definition) is 5. The molecule has 3 heterocycles. The molecule has 0 amide bonds. The largest absolute Gasteiger partial charge is 0.388 e. The van der Waals surface area contributed by atoms with E-state index < -0.39 is 0 Å². The Morgan fingerprint density at radius 1 is 1.09 bits per heavy atom. The molecule has 2 spiro atoms. The van der Waals surface area contributed by atoms with Crippen molar-refractivity contribution in [3.63, 3.8) is 0 Å². The number of ether oxygens (including phenoxy) is 2. The first-order valence-electron chi connectivity index (χ1n) is 8.15. The predicted molar refractivity (Wildman–Crippen MR) is 84.8 cm³/mol. The van der Waals surface area contributed by atoms with Crippen LogP contribution in [0.5, 0.6) is 0 Å². The fourth-order valence-electron chi connectivity index (χ4n) is 3.47. The van der Waals surface area contributed by atoms with Crippen LogP contribution < -0.4 is 0 Å².